The molecule has 0 bridgehead atoms. The Morgan fingerprint density at radius 3 is 2.15 bits per heavy atom. The van der Waals surface area contributed by atoms with Crippen LogP contribution in [0.2, 0.25) is 0 Å². The first-order chi connectivity index (χ1) is 12.9. The Bertz CT molecular complexity index is 586. The van der Waals surface area contributed by atoms with Crippen molar-refractivity contribution in [1.82, 2.24) is 5.32 Å². The molecular formula is C22H35NO4. The molecule has 1 atom stereocenters. The van der Waals surface area contributed by atoms with Gasteiger partial charge in [0.2, 0.25) is 5.91 Å². The van der Waals surface area contributed by atoms with E-state index in [-0.39, 0.29) is 18.1 Å². The summed E-state index contributed by atoms with van der Waals surface area (Å²) in [6, 6.07) is 4.04. The van der Waals surface area contributed by atoms with Crippen LogP contribution in [0, 0.1) is 6.92 Å². The van der Waals surface area contributed by atoms with Crippen LogP contribution in [-0.2, 0) is 16.0 Å². The number of nitrogens with one attached hydrogen (secondary N) is 1. The number of aromatic hydroxyl groups is 1. The first-order valence-electron chi connectivity index (χ1n) is 10.2. The molecule has 0 fully saturated rings. The van der Waals surface area contributed by atoms with E-state index in [0.717, 1.165) is 24.8 Å². The van der Waals surface area contributed by atoms with Gasteiger partial charge in [-0.3, -0.25) is 4.79 Å². The van der Waals surface area contributed by atoms with Gasteiger partial charge < -0.3 is 15.5 Å². The minimum absolute atomic E-state index is 0.181. The van der Waals surface area contributed by atoms with Crippen molar-refractivity contribution in [2.24, 2.45) is 0 Å². The molecule has 27 heavy (non-hydrogen) atoms. The maximum absolute atomic E-state index is 12.1. The topological polar surface area (TPSA) is 86.6 Å². The molecule has 1 unspecified atom stereocenters. The second-order valence-electron chi connectivity index (χ2n) is 7.36. The molecule has 3 N–H and O–H groups in total. The van der Waals surface area contributed by atoms with Crippen molar-refractivity contribution in [1.29, 1.82) is 0 Å². The number of phenolic OH excluding ortho intramolecular Hbond substituents is 1. The molecule has 0 aromatic heterocycles. The summed E-state index contributed by atoms with van der Waals surface area (Å²) in [5, 5.41) is 21.6. The minimum atomic E-state index is -1.04. The third-order valence-corrected chi connectivity index (χ3v) is 4.84. The lowest BCUT2D eigenvalue weighted by Crippen LogP contribution is -2.42. The van der Waals surface area contributed by atoms with Gasteiger partial charge in [-0.15, -0.1) is 0 Å². The lowest BCUT2D eigenvalue weighted by atomic mass is 10.0. The molecule has 0 spiro atoms. The minimum Gasteiger partial charge on any atom is -0.508 e. The zero-order chi connectivity index (χ0) is 20.1. The molecule has 1 aromatic carbocycles. The Morgan fingerprint density at radius 2 is 1.59 bits per heavy atom. The number of unbranched alkanes of at least 4 members (excludes halogenated alkanes) is 8. The molecule has 5 nitrogen and oxygen atoms in total. The van der Waals surface area contributed by atoms with Gasteiger partial charge in [0.25, 0.3) is 0 Å². The first kappa shape index (κ1) is 23.0. The fraction of sp³-hybridized carbons (Fsp3) is 0.636. The summed E-state index contributed by atoms with van der Waals surface area (Å²) < 4.78 is 0. The molecule has 0 aliphatic rings. The molecule has 1 amide bonds. The third-order valence-electron chi connectivity index (χ3n) is 4.84. The Hall–Kier alpha value is -2.04. The quantitative estimate of drug-likeness (QED) is 0.409. The second kappa shape index (κ2) is 13.2. The lowest BCUT2D eigenvalue weighted by molar-refractivity contribution is -0.141. The Kier molecular flexibility index (Phi) is 11.2. The van der Waals surface area contributed by atoms with E-state index in [4.69, 9.17) is 0 Å². The molecule has 0 aliphatic carbocycles. The predicted octanol–water partition coefficient (Wildman–Crippen LogP) is 4.73. The van der Waals surface area contributed by atoms with E-state index in [1.54, 1.807) is 25.1 Å². The SMILES string of the molecule is CCCCCCCCCCCC(=O)NC(Cc1ccc(O)c(C)c1)C(=O)O. The molecule has 0 heterocycles. The van der Waals surface area contributed by atoms with E-state index in [1.807, 2.05) is 0 Å². The number of benzene rings is 1. The molecular weight excluding hydrogens is 342 g/mol. The van der Waals surface area contributed by atoms with Gasteiger partial charge in [0, 0.05) is 12.8 Å². The fourth-order valence-electron chi connectivity index (χ4n) is 3.14. The molecule has 0 saturated carbocycles. The average molecular weight is 378 g/mol. The van der Waals surface area contributed by atoms with Crippen molar-refractivity contribution in [2.75, 3.05) is 0 Å². The van der Waals surface area contributed by atoms with Crippen molar-refractivity contribution < 1.29 is 19.8 Å². The van der Waals surface area contributed by atoms with Gasteiger partial charge in [0.05, 0.1) is 0 Å². The van der Waals surface area contributed by atoms with E-state index >= 15 is 0 Å². The first-order valence-corrected chi connectivity index (χ1v) is 10.2. The normalized spacial score (nSPS) is 11.9. The Balaban J connectivity index is 2.27. The summed E-state index contributed by atoms with van der Waals surface area (Å²) in [6.45, 7) is 3.97. The van der Waals surface area contributed by atoms with Crippen molar-refractivity contribution in [3.05, 3.63) is 29.3 Å². The lowest BCUT2D eigenvalue weighted by Gasteiger charge is -2.15. The van der Waals surface area contributed by atoms with Crippen molar-refractivity contribution in [2.45, 2.75) is 90.5 Å². The van der Waals surface area contributed by atoms with E-state index < -0.39 is 12.0 Å². The van der Waals surface area contributed by atoms with Gasteiger partial charge in [-0.05, 0) is 30.5 Å². The summed E-state index contributed by atoms with van der Waals surface area (Å²) in [7, 11) is 0. The van der Waals surface area contributed by atoms with Crippen LogP contribution in [0.4, 0.5) is 0 Å². The number of amides is 1. The smallest absolute Gasteiger partial charge is 0.326 e. The largest absolute Gasteiger partial charge is 0.508 e. The number of carboxylic acid groups (broad SMARTS) is 1. The maximum atomic E-state index is 12.1. The van der Waals surface area contributed by atoms with Gasteiger partial charge >= 0.3 is 5.97 Å². The van der Waals surface area contributed by atoms with Crippen LogP contribution >= 0.6 is 0 Å². The molecule has 152 valence electrons. The number of hydrogen-bond donors (Lipinski definition) is 3. The summed E-state index contributed by atoms with van der Waals surface area (Å²) >= 11 is 0. The second-order valence-corrected chi connectivity index (χ2v) is 7.36. The van der Waals surface area contributed by atoms with Crippen molar-refractivity contribution in [3.63, 3.8) is 0 Å². The molecule has 1 aromatic rings. The van der Waals surface area contributed by atoms with Crippen LogP contribution in [0.5, 0.6) is 5.75 Å². The van der Waals surface area contributed by atoms with Crippen LogP contribution in [-0.4, -0.2) is 28.1 Å². The maximum Gasteiger partial charge on any atom is 0.326 e. The molecule has 0 radical (unpaired) electrons. The van der Waals surface area contributed by atoms with Crippen molar-refractivity contribution >= 4 is 11.9 Å². The summed E-state index contributed by atoms with van der Waals surface area (Å²) in [5.74, 6) is -1.07. The van der Waals surface area contributed by atoms with E-state index in [9.17, 15) is 19.8 Å². The highest BCUT2D eigenvalue weighted by molar-refractivity contribution is 5.83. The standard InChI is InChI=1S/C22H35NO4/c1-3-4-5-6-7-8-9-10-11-12-21(25)23-19(22(26)27)16-18-13-14-20(24)17(2)15-18/h13-15,19,24H,3-12,16H2,1-2H3,(H,23,25)(H,26,27). The van der Waals surface area contributed by atoms with E-state index in [1.165, 1.54) is 38.5 Å². The van der Waals surface area contributed by atoms with Gasteiger partial charge in [-0.1, -0.05) is 70.4 Å². The highest BCUT2D eigenvalue weighted by Crippen LogP contribution is 2.18. The number of aryl methyl sites for hydroxylation is 1. The van der Waals surface area contributed by atoms with Crippen LogP contribution < -0.4 is 5.32 Å². The third kappa shape index (κ3) is 10.0. The van der Waals surface area contributed by atoms with Crippen LogP contribution in [0.25, 0.3) is 0 Å². The summed E-state index contributed by atoms with van der Waals surface area (Å²) in [5.41, 5.74) is 1.47. The Labute approximate surface area is 163 Å². The fourth-order valence-corrected chi connectivity index (χ4v) is 3.14. The summed E-state index contributed by atoms with van der Waals surface area (Å²) in [4.78, 5) is 23.5. The van der Waals surface area contributed by atoms with Crippen LogP contribution in [0.1, 0.15) is 82.3 Å². The number of aliphatic carboxylic acids is 1. The predicted molar refractivity (Wildman–Crippen MR) is 108 cm³/mol. The van der Waals surface area contributed by atoms with Gasteiger partial charge in [0.15, 0.2) is 0 Å². The molecule has 5 heteroatoms. The highest BCUT2D eigenvalue weighted by atomic mass is 16.4. The zero-order valence-electron chi connectivity index (χ0n) is 16.8. The average Bonchev–Trinajstić information content (AvgIpc) is 2.62. The molecule has 1 rings (SSSR count). The van der Waals surface area contributed by atoms with E-state index in [0.29, 0.717) is 12.0 Å². The molecule has 0 aliphatic heterocycles. The zero-order valence-corrected chi connectivity index (χ0v) is 16.8. The number of rotatable bonds is 14. The number of carboxylic acids is 1. The number of carbonyl (C=O) groups excluding carboxylic acids is 1. The Morgan fingerprint density at radius 1 is 1.00 bits per heavy atom. The summed E-state index contributed by atoms with van der Waals surface area (Å²) in [6.07, 6.45) is 11.2. The van der Waals surface area contributed by atoms with Gasteiger partial charge in [-0.25, -0.2) is 4.79 Å². The number of phenols is 1. The van der Waals surface area contributed by atoms with Crippen molar-refractivity contribution in [3.8, 4) is 5.75 Å². The molecule has 0 saturated heterocycles. The van der Waals surface area contributed by atoms with E-state index in [2.05, 4.69) is 12.2 Å². The monoisotopic (exact) mass is 377 g/mol. The van der Waals surface area contributed by atoms with Crippen LogP contribution in [0.15, 0.2) is 18.2 Å². The number of carbonyl (C=O) groups is 2. The highest BCUT2D eigenvalue weighted by Gasteiger charge is 2.20. The van der Waals surface area contributed by atoms with Gasteiger partial charge in [-0.2, -0.15) is 0 Å². The van der Waals surface area contributed by atoms with Gasteiger partial charge in [0.1, 0.15) is 11.8 Å². The number of hydrogen-bond acceptors (Lipinski definition) is 3. The van der Waals surface area contributed by atoms with Crippen LogP contribution in [0.3, 0.4) is 0 Å².